The van der Waals surface area contributed by atoms with E-state index >= 15 is 0 Å². The summed E-state index contributed by atoms with van der Waals surface area (Å²) < 4.78 is 5.30. The monoisotopic (exact) mass is 263 g/mol. The Hall–Kier alpha value is -1.51. The average Bonchev–Trinajstić information content (AvgIpc) is 2.46. The lowest BCUT2D eigenvalue weighted by atomic mass is 10.1. The molecular weight excluding hydrogens is 238 g/mol. The van der Waals surface area contributed by atoms with Gasteiger partial charge in [-0.05, 0) is 38.8 Å². The summed E-state index contributed by atoms with van der Waals surface area (Å²) in [5, 5.41) is 0. The maximum atomic E-state index is 12.8. The van der Waals surface area contributed by atoms with Crippen molar-refractivity contribution in [1.82, 2.24) is 4.90 Å². The molecule has 1 aromatic carbocycles. The van der Waals surface area contributed by atoms with Crippen LogP contribution in [-0.4, -0.2) is 30.0 Å². The third-order valence-corrected chi connectivity index (χ3v) is 3.70. The summed E-state index contributed by atoms with van der Waals surface area (Å²) in [5.41, 5.74) is 0.644. The van der Waals surface area contributed by atoms with E-state index in [0.717, 1.165) is 12.8 Å². The summed E-state index contributed by atoms with van der Waals surface area (Å²) in [5.74, 6) is 0.699. The van der Waals surface area contributed by atoms with Crippen molar-refractivity contribution in [2.45, 2.75) is 52.6 Å². The van der Waals surface area contributed by atoms with E-state index < -0.39 is 0 Å². The summed E-state index contributed by atoms with van der Waals surface area (Å²) in [6.45, 7) is 8.41. The van der Waals surface area contributed by atoms with E-state index in [2.05, 4.69) is 27.7 Å². The Morgan fingerprint density at radius 2 is 1.68 bits per heavy atom. The number of benzene rings is 1. The summed E-state index contributed by atoms with van der Waals surface area (Å²) in [6, 6.07) is 7.88. The van der Waals surface area contributed by atoms with Crippen molar-refractivity contribution in [3.63, 3.8) is 0 Å². The van der Waals surface area contributed by atoms with Crippen LogP contribution in [0.4, 0.5) is 0 Å². The first-order valence-electron chi connectivity index (χ1n) is 7.02. The molecule has 0 aliphatic heterocycles. The van der Waals surface area contributed by atoms with Crippen LogP contribution in [-0.2, 0) is 0 Å². The number of ether oxygens (including phenoxy) is 1. The topological polar surface area (TPSA) is 29.5 Å². The predicted molar refractivity (Wildman–Crippen MR) is 78.7 cm³/mol. The second-order valence-electron chi connectivity index (χ2n) is 4.93. The van der Waals surface area contributed by atoms with Crippen molar-refractivity contribution in [1.29, 1.82) is 0 Å². The van der Waals surface area contributed by atoms with Crippen molar-refractivity contribution >= 4 is 5.91 Å². The van der Waals surface area contributed by atoms with Gasteiger partial charge in [-0.25, -0.2) is 0 Å². The Kier molecular flexibility index (Phi) is 5.87. The summed E-state index contributed by atoms with van der Waals surface area (Å²) in [6.07, 6.45) is 1.90. The Morgan fingerprint density at radius 3 is 2.16 bits per heavy atom. The molecule has 3 heteroatoms. The van der Waals surface area contributed by atoms with Crippen LogP contribution in [0.5, 0.6) is 5.75 Å². The molecule has 0 aromatic heterocycles. The minimum Gasteiger partial charge on any atom is -0.496 e. The molecule has 0 aliphatic rings. The lowest BCUT2D eigenvalue weighted by Gasteiger charge is -2.34. The highest BCUT2D eigenvalue weighted by Crippen LogP contribution is 2.23. The van der Waals surface area contributed by atoms with Crippen molar-refractivity contribution < 1.29 is 9.53 Å². The first-order chi connectivity index (χ1) is 9.06. The third-order valence-electron chi connectivity index (χ3n) is 3.70. The zero-order valence-corrected chi connectivity index (χ0v) is 12.6. The number of carbonyl (C=O) groups is 1. The van der Waals surface area contributed by atoms with Gasteiger partial charge in [0.15, 0.2) is 0 Å². The molecule has 1 aromatic rings. The van der Waals surface area contributed by atoms with Gasteiger partial charge in [0.05, 0.1) is 12.7 Å². The summed E-state index contributed by atoms with van der Waals surface area (Å²) in [4.78, 5) is 14.7. The van der Waals surface area contributed by atoms with Gasteiger partial charge >= 0.3 is 0 Å². The van der Waals surface area contributed by atoms with Crippen molar-refractivity contribution in [3.8, 4) is 5.75 Å². The van der Waals surface area contributed by atoms with Crippen LogP contribution < -0.4 is 4.74 Å². The standard InChI is InChI=1S/C16H25NO2/c1-6-12(3)17(13(4)7-2)16(18)14-10-8-9-11-15(14)19-5/h8-13H,6-7H2,1-5H3. The molecule has 0 saturated carbocycles. The average molecular weight is 263 g/mol. The van der Waals surface area contributed by atoms with Crippen LogP contribution in [0.3, 0.4) is 0 Å². The summed E-state index contributed by atoms with van der Waals surface area (Å²) >= 11 is 0. The van der Waals surface area contributed by atoms with Crippen LogP contribution >= 0.6 is 0 Å². The second-order valence-corrected chi connectivity index (χ2v) is 4.93. The Morgan fingerprint density at radius 1 is 1.16 bits per heavy atom. The van der Waals surface area contributed by atoms with Crippen molar-refractivity contribution in [2.75, 3.05) is 7.11 Å². The number of para-hydroxylation sites is 1. The van der Waals surface area contributed by atoms with E-state index in [4.69, 9.17) is 4.74 Å². The number of hydrogen-bond donors (Lipinski definition) is 0. The molecule has 106 valence electrons. The number of hydrogen-bond acceptors (Lipinski definition) is 2. The largest absolute Gasteiger partial charge is 0.496 e. The maximum Gasteiger partial charge on any atom is 0.258 e. The molecule has 3 nitrogen and oxygen atoms in total. The number of nitrogens with zero attached hydrogens (tertiary/aromatic N) is 1. The molecule has 0 radical (unpaired) electrons. The van der Waals surface area contributed by atoms with Crippen LogP contribution in [0.15, 0.2) is 24.3 Å². The normalized spacial score (nSPS) is 13.7. The SMILES string of the molecule is CCC(C)N(C(=O)c1ccccc1OC)C(C)CC. The molecule has 0 N–H and O–H groups in total. The van der Waals surface area contributed by atoms with Gasteiger partial charge in [0, 0.05) is 12.1 Å². The molecule has 19 heavy (non-hydrogen) atoms. The number of carbonyl (C=O) groups excluding carboxylic acids is 1. The van der Waals surface area contributed by atoms with E-state index in [-0.39, 0.29) is 18.0 Å². The first kappa shape index (κ1) is 15.5. The molecule has 0 aliphatic carbocycles. The minimum absolute atomic E-state index is 0.0566. The second kappa shape index (κ2) is 7.17. The highest BCUT2D eigenvalue weighted by molar-refractivity contribution is 5.97. The Balaban J connectivity index is 3.12. The molecule has 0 saturated heterocycles. The molecule has 1 rings (SSSR count). The van der Waals surface area contributed by atoms with Crippen molar-refractivity contribution in [3.05, 3.63) is 29.8 Å². The summed E-state index contributed by atoms with van der Waals surface area (Å²) in [7, 11) is 1.60. The molecular formula is C16H25NO2. The van der Waals surface area contributed by atoms with E-state index in [9.17, 15) is 4.79 Å². The lowest BCUT2D eigenvalue weighted by molar-refractivity contribution is 0.0595. The predicted octanol–water partition coefficient (Wildman–Crippen LogP) is 3.73. The molecule has 2 atom stereocenters. The van der Waals surface area contributed by atoms with E-state index in [1.807, 2.05) is 29.2 Å². The van der Waals surface area contributed by atoms with Gasteiger partial charge in [-0.1, -0.05) is 26.0 Å². The highest BCUT2D eigenvalue weighted by atomic mass is 16.5. The fraction of sp³-hybridized carbons (Fsp3) is 0.562. The van der Waals surface area contributed by atoms with Crippen LogP contribution in [0.25, 0.3) is 0 Å². The van der Waals surface area contributed by atoms with Gasteiger partial charge < -0.3 is 9.64 Å². The van der Waals surface area contributed by atoms with Gasteiger partial charge in [0.2, 0.25) is 0 Å². The molecule has 0 fully saturated rings. The number of rotatable bonds is 6. The Labute approximate surface area is 116 Å². The van der Waals surface area contributed by atoms with Crippen molar-refractivity contribution in [2.24, 2.45) is 0 Å². The van der Waals surface area contributed by atoms with Crippen LogP contribution in [0.1, 0.15) is 50.9 Å². The third kappa shape index (κ3) is 3.49. The zero-order valence-electron chi connectivity index (χ0n) is 12.6. The molecule has 0 heterocycles. The van der Waals surface area contributed by atoms with Crippen LogP contribution in [0.2, 0.25) is 0 Å². The number of amides is 1. The molecule has 0 bridgehead atoms. The van der Waals surface area contributed by atoms with Gasteiger partial charge in [-0.15, -0.1) is 0 Å². The lowest BCUT2D eigenvalue weighted by Crippen LogP contribution is -2.44. The van der Waals surface area contributed by atoms with Crippen LogP contribution in [0, 0.1) is 0 Å². The quantitative estimate of drug-likeness (QED) is 0.782. The fourth-order valence-electron chi connectivity index (χ4n) is 2.19. The Bertz CT molecular complexity index is 407. The van der Waals surface area contributed by atoms with Gasteiger partial charge in [-0.2, -0.15) is 0 Å². The smallest absolute Gasteiger partial charge is 0.258 e. The first-order valence-corrected chi connectivity index (χ1v) is 7.02. The minimum atomic E-state index is 0.0566. The van der Waals surface area contributed by atoms with E-state index in [0.29, 0.717) is 11.3 Å². The van der Waals surface area contributed by atoms with Gasteiger partial charge in [0.25, 0.3) is 5.91 Å². The van der Waals surface area contributed by atoms with E-state index in [1.165, 1.54) is 0 Å². The molecule has 0 spiro atoms. The maximum absolute atomic E-state index is 12.8. The fourth-order valence-corrected chi connectivity index (χ4v) is 2.19. The highest BCUT2D eigenvalue weighted by Gasteiger charge is 2.26. The van der Waals surface area contributed by atoms with Gasteiger partial charge in [-0.3, -0.25) is 4.79 Å². The zero-order chi connectivity index (χ0) is 14.4. The van der Waals surface area contributed by atoms with E-state index in [1.54, 1.807) is 7.11 Å². The van der Waals surface area contributed by atoms with Gasteiger partial charge in [0.1, 0.15) is 5.75 Å². The molecule has 2 unspecified atom stereocenters. The molecule has 1 amide bonds. The number of methoxy groups -OCH3 is 1.